The molecule has 2 N–H and O–H groups in total. The van der Waals surface area contributed by atoms with Crippen LogP contribution in [-0.4, -0.2) is 30.5 Å². The van der Waals surface area contributed by atoms with Crippen molar-refractivity contribution in [2.75, 3.05) is 13.1 Å². The lowest BCUT2D eigenvalue weighted by Gasteiger charge is -2.28. The number of carbonyl (C=O) groups is 1. The van der Waals surface area contributed by atoms with Gasteiger partial charge in [-0.3, -0.25) is 4.79 Å². The second-order valence-corrected chi connectivity index (χ2v) is 7.93. The molecule has 0 aliphatic carbocycles. The molecule has 19 heavy (non-hydrogen) atoms. The summed E-state index contributed by atoms with van der Waals surface area (Å²) < 4.78 is 0. The predicted octanol–water partition coefficient (Wildman–Crippen LogP) is 2.99. The second kappa shape index (κ2) is 7.39. The Bertz CT molecular complexity index is 271. The first-order valence-corrected chi connectivity index (χ1v) is 7.46. The Morgan fingerprint density at radius 2 is 1.53 bits per heavy atom. The highest BCUT2D eigenvalue weighted by molar-refractivity contribution is 5.88. The highest BCUT2D eigenvalue weighted by atomic mass is 16.1. The molecular weight excluding hydrogens is 236 g/mol. The Labute approximate surface area is 119 Å². The Kier molecular flexibility index (Phi) is 7.23. The van der Waals surface area contributed by atoms with Crippen molar-refractivity contribution in [3.8, 4) is 0 Å². The third-order valence-corrected chi connectivity index (χ3v) is 2.93. The quantitative estimate of drug-likeness (QED) is 0.699. The number of hydrogen-bond donors (Lipinski definition) is 2. The molecule has 114 valence electrons. The summed E-state index contributed by atoms with van der Waals surface area (Å²) in [7, 11) is 0. The molecule has 0 radical (unpaired) electrons. The molecule has 0 aromatic rings. The van der Waals surface area contributed by atoms with Gasteiger partial charge in [0.1, 0.15) is 0 Å². The van der Waals surface area contributed by atoms with Crippen LogP contribution in [-0.2, 0) is 4.79 Å². The van der Waals surface area contributed by atoms with E-state index in [1.54, 1.807) is 0 Å². The molecule has 3 heteroatoms. The lowest BCUT2D eigenvalue weighted by Crippen LogP contribution is -2.47. The van der Waals surface area contributed by atoms with Crippen molar-refractivity contribution in [3.05, 3.63) is 0 Å². The van der Waals surface area contributed by atoms with Gasteiger partial charge in [0.15, 0.2) is 5.78 Å². The smallest absolute Gasteiger partial charge is 0.155 e. The fraction of sp³-hybridized carbons (Fsp3) is 0.938. The molecule has 0 amide bonds. The summed E-state index contributed by atoms with van der Waals surface area (Å²) in [4.78, 5) is 12.4. The van der Waals surface area contributed by atoms with E-state index in [-0.39, 0.29) is 17.0 Å². The molecule has 0 aromatic carbocycles. The van der Waals surface area contributed by atoms with Gasteiger partial charge in [0.05, 0.1) is 6.04 Å². The molecule has 3 nitrogen and oxygen atoms in total. The molecule has 0 bridgehead atoms. The topological polar surface area (TPSA) is 41.1 Å². The van der Waals surface area contributed by atoms with E-state index >= 15 is 0 Å². The predicted molar refractivity (Wildman–Crippen MR) is 83.5 cm³/mol. The van der Waals surface area contributed by atoms with Crippen LogP contribution in [0.1, 0.15) is 61.8 Å². The molecule has 0 aromatic heterocycles. The zero-order chi connectivity index (χ0) is 15.3. The Morgan fingerprint density at radius 1 is 1.00 bits per heavy atom. The van der Waals surface area contributed by atoms with Gasteiger partial charge in [-0.2, -0.15) is 0 Å². The first kappa shape index (κ1) is 18.6. The van der Waals surface area contributed by atoms with Crippen LogP contribution in [0.3, 0.4) is 0 Å². The molecule has 0 aliphatic heterocycles. The molecule has 0 heterocycles. The molecule has 0 saturated carbocycles. The number of ketones is 1. The van der Waals surface area contributed by atoms with Crippen molar-refractivity contribution in [2.45, 2.75) is 73.4 Å². The molecule has 0 fully saturated rings. The number of carbonyl (C=O) groups excluding carboxylic acids is 1. The standard InChI is InChI=1S/C16H34N2O/c1-12(2)11-13(14(19)15(3,4)5)17-9-10-18-16(6,7)8/h12-13,17-18H,9-11H2,1-8H3/t13-/m0/s1. The van der Waals surface area contributed by atoms with Crippen molar-refractivity contribution in [2.24, 2.45) is 11.3 Å². The SMILES string of the molecule is CC(C)C[C@H](NCCNC(C)(C)C)C(=O)C(C)(C)C. The maximum absolute atomic E-state index is 12.4. The van der Waals surface area contributed by atoms with Crippen molar-refractivity contribution >= 4 is 5.78 Å². The first-order chi connectivity index (χ1) is 8.43. The summed E-state index contributed by atoms with van der Waals surface area (Å²) in [6.45, 7) is 18.5. The normalized spacial score (nSPS) is 14.8. The van der Waals surface area contributed by atoms with Gasteiger partial charge in [-0.05, 0) is 33.1 Å². The third-order valence-electron chi connectivity index (χ3n) is 2.93. The van der Waals surface area contributed by atoms with E-state index in [1.807, 2.05) is 20.8 Å². The van der Waals surface area contributed by atoms with Crippen LogP contribution >= 0.6 is 0 Å². The van der Waals surface area contributed by atoms with Crippen molar-refractivity contribution in [1.29, 1.82) is 0 Å². The zero-order valence-corrected chi connectivity index (χ0v) is 14.2. The van der Waals surface area contributed by atoms with Crippen LogP contribution in [0.4, 0.5) is 0 Å². The summed E-state index contributed by atoms with van der Waals surface area (Å²) in [6, 6.07) is -0.0261. The molecule has 0 unspecified atom stereocenters. The minimum atomic E-state index is -0.274. The van der Waals surface area contributed by atoms with E-state index in [9.17, 15) is 4.79 Å². The van der Waals surface area contributed by atoms with Gasteiger partial charge in [0.25, 0.3) is 0 Å². The fourth-order valence-corrected chi connectivity index (χ4v) is 1.96. The van der Waals surface area contributed by atoms with Gasteiger partial charge in [-0.25, -0.2) is 0 Å². The van der Waals surface area contributed by atoms with E-state index in [4.69, 9.17) is 0 Å². The zero-order valence-electron chi connectivity index (χ0n) is 14.2. The molecule has 0 rings (SSSR count). The average Bonchev–Trinajstić information content (AvgIpc) is 2.18. The van der Waals surface area contributed by atoms with E-state index < -0.39 is 0 Å². The van der Waals surface area contributed by atoms with Crippen LogP contribution in [0.25, 0.3) is 0 Å². The van der Waals surface area contributed by atoms with Crippen LogP contribution in [0.5, 0.6) is 0 Å². The minimum Gasteiger partial charge on any atom is -0.311 e. The van der Waals surface area contributed by atoms with Gasteiger partial charge < -0.3 is 10.6 Å². The molecule has 0 aliphatic rings. The van der Waals surface area contributed by atoms with Gasteiger partial charge >= 0.3 is 0 Å². The maximum atomic E-state index is 12.4. The average molecular weight is 270 g/mol. The lowest BCUT2D eigenvalue weighted by molar-refractivity contribution is -0.128. The Hall–Kier alpha value is -0.410. The van der Waals surface area contributed by atoms with Crippen LogP contribution in [0.15, 0.2) is 0 Å². The molecule has 1 atom stereocenters. The van der Waals surface area contributed by atoms with Crippen molar-refractivity contribution in [3.63, 3.8) is 0 Å². The van der Waals surface area contributed by atoms with Crippen LogP contribution in [0.2, 0.25) is 0 Å². The van der Waals surface area contributed by atoms with Crippen LogP contribution in [0, 0.1) is 11.3 Å². The fourth-order valence-electron chi connectivity index (χ4n) is 1.96. The largest absolute Gasteiger partial charge is 0.311 e. The monoisotopic (exact) mass is 270 g/mol. The highest BCUT2D eigenvalue weighted by Gasteiger charge is 2.29. The van der Waals surface area contributed by atoms with E-state index in [2.05, 4.69) is 45.3 Å². The maximum Gasteiger partial charge on any atom is 0.155 e. The third kappa shape index (κ3) is 9.17. The molecular formula is C16H34N2O. The van der Waals surface area contributed by atoms with Gasteiger partial charge in [-0.1, -0.05) is 34.6 Å². The number of rotatable bonds is 7. The molecule has 0 spiro atoms. The van der Waals surface area contributed by atoms with Gasteiger partial charge in [-0.15, -0.1) is 0 Å². The number of Topliss-reactive ketones (excluding diaryl/α,β-unsaturated/α-hetero) is 1. The summed E-state index contributed by atoms with van der Waals surface area (Å²) >= 11 is 0. The first-order valence-electron chi connectivity index (χ1n) is 7.46. The lowest BCUT2D eigenvalue weighted by atomic mass is 9.83. The summed E-state index contributed by atoms with van der Waals surface area (Å²) in [6.07, 6.45) is 0.908. The summed E-state index contributed by atoms with van der Waals surface area (Å²) in [5, 5.41) is 6.85. The summed E-state index contributed by atoms with van der Waals surface area (Å²) in [5.41, 5.74) is -0.146. The summed E-state index contributed by atoms with van der Waals surface area (Å²) in [5.74, 6) is 0.844. The van der Waals surface area contributed by atoms with Crippen LogP contribution < -0.4 is 10.6 Å². The number of hydrogen-bond acceptors (Lipinski definition) is 3. The number of nitrogens with one attached hydrogen (secondary N) is 2. The van der Waals surface area contributed by atoms with Gasteiger partial charge in [0, 0.05) is 24.0 Å². The van der Waals surface area contributed by atoms with E-state index in [0.717, 1.165) is 19.5 Å². The van der Waals surface area contributed by atoms with E-state index in [1.165, 1.54) is 0 Å². The van der Waals surface area contributed by atoms with Gasteiger partial charge in [0.2, 0.25) is 0 Å². The Morgan fingerprint density at radius 3 is 1.89 bits per heavy atom. The Balaban J connectivity index is 4.34. The highest BCUT2D eigenvalue weighted by Crippen LogP contribution is 2.20. The van der Waals surface area contributed by atoms with E-state index in [0.29, 0.717) is 11.7 Å². The van der Waals surface area contributed by atoms with Crippen molar-refractivity contribution < 1.29 is 4.79 Å². The minimum absolute atomic E-state index is 0.0261. The van der Waals surface area contributed by atoms with Crippen molar-refractivity contribution in [1.82, 2.24) is 10.6 Å². The molecule has 0 saturated heterocycles. The second-order valence-electron chi connectivity index (χ2n) is 7.93.